The molecule has 20 heavy (non-hydrogen) atoms. The van der Waals surface area contributed by atoms with E-state index in [1.807, 2.05) is 13.8 Å². The number of sulfonamides is 1. The van der Waals surface area contributed by atoms with Crippen molar-refractivity contribution in [3.05, 3.63) is 12.7 Å². The van der Waals surface area contributed by atoms with Gasteiger partial charge >= 0.3 is 0 Å². The van der Waals surface area contributed by atoms with E-state index in [9.17, 15) is 13.2 Å². The smallest absolute Gasteiger partial charge is 0.237 e. The van der Waals surface area contributed by atoms with Crippen LogP contribution in [0.1, 0.15) is 20.3 Å². The molecule has 1 saturated heterocycles. The number of nitrogens with zero attached hydrogens (tertiary/aromatic N) is 1. The van der Waals surface area contributed by atoms with Crippen molar-refractivity contribution in [2.24, 2.45) is 5.92 Å². The van der Waals surface area contributed by atoms with Crippen molar-refractivity contribution in [1.29, 1.82) is 0 Å². The maximum Gasteiger partial charge on any atom is 0.237 e. The van der Waals surface area contributed by atoms with E-state index < -0.39 is 10.0 Å². The maximum absolute atomic E-state index is 11.8. The van der Waals surface area contributed by atoms with Gasteiger partial charge in [0.15, 0.2) is 0 Å². The second-order valence-electron chi connectivity index (χ2n) is 5.42. The number of carbonyl (C=O) groups is 1. The summed E-state index contributed by atoms with van der Waals surface area (Å²) in [5, 5.41) is 6.03. The van der Waals surface area contributed by atoms with Crippen molar-refractivity contribution in [2.45, 2.75) is 32.4 Å². The summed E-state index contributed by atoms with van der Waals surface area (Å²) in [6.45, 7) is 8.82. The molecule has 0 radical (unpaired) electrons. The molecule has 0 aliphatic carbocycles. The first kappa shape index (κ1) is 17.1. The Morgan fingerprint density at radius 3 is 2.70 bits per heavy atom. The molecule has 0 saturated carbocycles. The van der Waals surface area contributed by atoms with E-state index in [4.69, 9.17) is 0 Å². The van der Waals surface area contributed by atoms with E-state index >= 15 is 0 Å². The van der Waals surface area contributed by atoms with Crippen molar-refractivity contribution in [2.75, 3.05) is 25.9 Å². The highest BCUT2D eigenvalue weighted by molar-refractivity contribution is 7.88. The average molecular weight is 303 g/mol. The fourth-order valence-electron chi connectivity index (χ4n) is 2.38. The Morgan fingerprint density at radius 2 is 2.20 bits per heavy atom. The van der Waals surface area contributed by atoms with E-state index in [0.717, 1.165) is 0 Å². The highest BCUT2D eigenvalue weighted by Gasteiger charge is 2.31. The Balaban J connectivity index is 2.50. The van der Waals surface area contributed by atoms with Crippen LogP contribution in [0.3, 0.4) is 0 Å². The van der Waals surface area contributed by atoms with Gasteiger partial charge in [0.05, 0.1) is 12.3 Å². The van der Waals surface area contributed by atoms with Crippen molar-refractivity contribution < 1.29 is 13.2 Å². The van der Waals surface area contributed by atoms with Crippen LogP contribution in [0.4, 0.5) is 0 Å². The van der Waals surface area contributed by atoms with Crippen LogP contribution in [0.5, 0.6) is 0 Å². The molecule has 1 aliphatic rings. The lowest BCUT2D eigenvalue weighted by Gasteiger charge is -2.37. The lowest BCUT2D eigenvalue weighted by Crippen LogP contribution is -2.54. The zero-order valence-corrected chi connectivity index (χ0v) is 13.2. The monoisotopic (exact) mass is 303 g/mol. The van der Waals surface area contributed by atoms with E-state index in [1.54, 1.807) is 6.08 Å². The highest BCUT2D eigenvalue weighted by Crippen LogP contribution is 2.19. The zero-order valence-electron chi connectivity index (χ0n) is 12.4. The van der Waals surface area contributed by atoms with Crippen LogP contribution in [0.2, 0.25) is 0 Å². The summed E-state index contributed by atoms with van der Waals surface area (Å²) < 4.78 is 24.5. The average Bonchev–Trinajstić information content (AvgIpc) is 2.36. The van der Waals surface area contributed by atoms with Crippen molar-refractivity contribution >= 4 is 15.9 Å². The van der Waals surface area contributed by atoms with E-state index in [2.05, 4.69) is 17.2 Å². The molecule has 1 heterocycles. The van der Waals surface area contributed by atoms with Gasteiger partial charge in [-0.25, -0.2) is 12.7 Å². The van der Waals surface area contributed by atoms with Gasteiger partial charge in [0.25, 0.3) is 0 Å². The third kappa shape index (κ3) is 4.88. The Hall–Kier alpha value is -0.920. The third-order valence-corrected chi connectivity index (χ3v) is 4.88. The fourth-order valence-corrected chi connectivity index (χ4v) is 3.32. The van der Waals surface area contributed by atoms with E-state index in [0.29, 0.717) is 26.1 Å². The molecule has 7 heteroatoms. The maximum atomic E-state index is 11.8. The molecule has 1 amide bonds. The molecule has 0 spiro atoms. The van der Waals surface area contributed by atoms with Gasteiger partial charge in [0.2, 0.25) is 15.9 Å². The van der Waals surface area contributed by atoms with Crippen LogP contribution in [-0.2, 0) is 14.8 Å². The lowest BCUT2D eigenvalue weighted by atomic mass is 9.94. The van der Waals surface area contributed by atoms with Gasteiger partial charge in [0, 0.05) is 25.7 Å². The summed E-state index contributed by atoms with van der Waals surface area (Å²) in [7, 11) is -3.12. The van der Waals surface area contributed by atoms with Crippen LogP contribution >= 0.6 is 0 Å². The minimum absolute atomic E-state index is 0.0670. The van der Waals surface area contributed by atoms with Gasteiger partial charge < -0.3 is 10.6 Å². The van der Waals surface area contributed by atoms with Crippen molar-refractivity contribution in [1.82, 2.24) is 14.9 Å². The molecule has 0 aromatic heterocycles. The topological polar surface area (TPSA) is 78.5 Å². The number of piperidine rings is 1. The molecule has 1 aliphatic heterocycles. The van der Waals surface area contributed by atoms with Crippen LogP contribution in [0, 0.1) is 5.92 Å². The van der Waals surface area contributed by atoms with E-state index in [1.165, 1.54) is 10.6 Å². The first-order chi connectivity index (χ1) is 9.25. The quantitative estimate of drug-likeness (QED) is 0.674. The molecule has 0 bridgehead atoms. The van der Waals surface area contributed by atoms with Crippen LogP contribution < -0.4 is 10.6 Å². The van der Waals surface area contributed by atoms with Crippen molar-refractivity contribution in [3.8, 4) is 0 Å². The molecular formula is C13H25N3O3S. The highest BCUT2D eigenvalue weighted by atomic mass is 32.2. The molecular weight excluding hydrogens is 278 g/mol. The minimum atomic E-state index is -3.12. The SMILES string of the molecule is C=CCNC(=O)[C@H](C)N[C@H]1CCN(S(C)(=O)=O)C[C@@H]1C. The second-order valence-corrected chi connectivity index (χ2v) is 7.40. The predicted molar refractivity (Wildman–Crippen MR) is 79.8 cm³/mol. The first-order valence-corrected chi connectivity index (χ1v) is 8.70. The largest absolute Gasteiger partial charge is 0.351 e. The van der Waals surface area contributed by atoms with Gasteiger partial charge in [-0.15, -0.1) is 6.58 Å². The third-order valence-electron chi connectivity index (χ3n) is 3.62. The van der Waals surface area contributed by atoms with Crippen LogP contribution in [0.25, 0.3) is 0 Å². The summed E-state index contributed by atoms with van der Waals surface area (Å²) in [5.41, 5.74) is 0. The summed E-state index contributed by atoms with van der Waals surface area (Å²) in [4.78, 5) is 11.8. The number of carbonyl (C=O) groups excluding carboxylic acids is 1. The fraction of sp³-hybridized carbons (Fsp3) is 0.769. The molecule has 1 fully saturated rings. The van der Waals surface area contributed by atoms with Gasteiger partial charge in [-0.05, 0) is 19.3 Å². The molecule has 0 aromatic rings. The summed E-state index contributed by atoms with van der Waals surface area (Å²) in [6, 6.07) is -0.148. The Labute approximate surface area is 121 Å². The first-order valence-electron chi connectivity index (χ1n) is 6.85. The Kier molecular flexibility index (Phi) is 6.16. The van der Waals surface area contributed by atoms with Crippen LogP contribution in [-0.4, -0.2) is 56.6 Å². The molecule has 1 rings (SSSR count). The number of amides is 1. The molecule has 116 valence electrons. The Bertz CT molecular complexity index is 450. The number of rotatable bonds is 6. The van der Waals surface area contributed by atoms with E-state index in [-0.39, 0.29) is 23.9 Å². The predicted octanol–water partition coefficient (Wildman–Crippen LogP) is -0.0633. The second kappa shape index (κ2) is 7.19. The number of hydrogen-bond acceptors (Lipinski definition) is 4. The van der Waals surface area contributed by atoms with Gasteiger partial charge in [-0.1, -0.05) is 13.0 Å². The van der Waals surface area contributed by atoms with Crippen molar-refractivity contribution in [3.63, 3.8) is 0 Å². The zero-order chi connectivity index (χ0) is 15.3. The number of nitrogens with one attached hydrogen (secondary N) is 2. The molecule has 6 nitrogen and oxygen atoms in total. The minimum Gasteiger partial charge on any atom is -0.351 e. The van der Waals surface area contributed by atoms with Gasteiger partial charge in [0.1, 0.15) is 0 Å². The van der Waals surface area contributed by atoms with Gasteiger partial charge in [-0.2, -0.15) is 0 Å². The number of hydrogen-bond donors (Lipinski definition) is 2. The Morgan fingerprint density at radius 1 is 1.55 bits per heavy atom. The van der Waals surface area contributed by atoms with Gasteiger partial charge in [-0.3, -0.25) is 4.79 Å². The summed E-state index contributed by atoms with van der Waals surface area (Å²) in [6.07, 6.45) is 3.59. The summed E-state index contributed by atoms with van der Waals surface area (Å²) >= 11 is 0. The van der Waals surface area contributed by atoms with Crippen LogP contribution in [0.15, 0.2) is 12.7 Å². The summed E-state index contributed by atoms with van der Waals surface area (Å²) in [5.74, 6) is 0.107. The molecule has 3 atom stereocenters. The normalized spacial score (nSPS) is 25.9. The molecule has 2 N–H and O–H groups in total. The molecule has 0 aromatic carbocycles. The lowest BCUT2D eigenvalue weighted by molar-refractivity contribution is -0.122. The standard InChI is InChI=1S/C13H25N3O3S/c1-5-7-14-13(17)11(3)15-12-6-8-16(9-10(12)2)20(4,18)19/h5,10-12,15H,1,6-9H2,2-4H3,(H,14,17)/t10-,11-,12-/m0/s1. The molecule has 0 unspecified atom stereocenters.